The minimum Gasteiger partial charge on any atom is -0.477 e. The van der Waals surface area contributed by atoms with Gasteiger partial charge in [-0.15, -0.1) is 0 Å². The molecule has 4 heterocycles. The Kier molecular flexibility index (Phi) is 8.14. The number of benzene rings is 1. The summed E-state index contributed by atoms with van der Waals surface area (Å²) in [5, 5.41) is 16.2. The third-order valence-electron chi connectivity index (χ3n) is 6.86. The number of alkyl halides is 3. The number of morpholine rings is 1. The quantitative estimate of drug-likeness (QED) is 0.198. The van der Waals surface area contributed by atoms with Crippen LogP contribution in [0, 0.1) is 5.82 Å². The van der Waals surface area contributed by atoms with Crippen molar-refractivity contribution in [2.24, 2.45) is 4.99 Å². The molecule has 1 saturated heterocycles. The van der Waals surface area contributed by atoms with Gasteiger partial charge in [0.1, 0.15) is 23.0 Å². The van der Waals surface area contributed by atoms with Gasteiger partial charge in [0.25, 0.3) is 5.56 Å². The maximum atomic E-state index is 13.8. The summed E-state index contributed by atoms with van der Waals surface area (Å²) in [6.07, 6.45) is -3.68. The lowest BCUT2D eigenvalue weighted by atomic mass is 10.1. The van der Waals surface area contributed by atoms with E-state index in [4.69, 9.17) is 22.1 Å². The number of halogens is 5. The molecule has 43 heavy (non-hydrogen) atoms. The van der Waals surface area contributed by atoms with E-state index in [-0.39, 0.29) is 45.2 Å². The third kappa shape index (κ3) is 6.04. The second kappa shape index (κ2) is 11.7. The summed E-state index contributed by atoms with van der Waals surface area (Å²) in [6, 6.07) is 5.61. The van der Waals surface area contributed by atoms with E-state index in [9.17, 15) is 32.3 Å². The van der Waals surface area contributed by atoms with Gasteiger partial charge < -0.3 is 25.5 Å². The Balaban J connectivity index is 1.70. The first-order valence-electron chi connectivity index (χ1n) is 12.8. The molecule has 1 aliphatic rings. The summed E-state index contributed by atoms with van der Waals surface area (Å²) >= 11 is 5.81. The van der Waals surface area contributed by atoms with Gasteiger partial charge in [0, 0.05) is 49.0 Å². The maximum Gasteiger partial charge on any atom is 0.435 e. The standard InChI is InChI=1S/C27H24ClF4N7O4/c1-14(35-15-2-3-20(29)19(28)10-15)34-13-18-16-11-17(26(41)42)25(40)38(5-4-37-6-8-43-9-7-37)23(16)21-12-22(27(30,31)32)36-39(21)24(18)33/h2-3,10-13,35H,1,4-9,33H2,(H,41,42)/b34-13-. The van der Waals surface area contributed by atoms with E-state index in [1.54, 1.807) is 0 Å². The Bertz CT molecular complexity index is 1850. The van der Waals surface area contributed by atoms with Crippen molar-refractivity contribution in [3.8, 4) is 0 Å². The number of hydrogen-bond acceptors (Lipinski definition) is 8. The molecule has 0 amide bonds. The van der Waals surface area contributed by atoms with Crippen molar-refractivity contribution in [3.05, 3.63) is 80.7 Å². The predicted octanol–water partition coefficient (Wildman–Crippen LogP) is 4.08. The van der Waals surface area contributed by atoms with Crippen molar-refractivity contribution in [1.29, 1.82) is 0 Å². The average molecular weight is 622 g/mol. The molecule has 4 aromatic rings. The number of aliphatic imine (C=N–C) groups is 1. The molecule has 0 spiro atoms. The molecule has 5 rings (SSSR count). The van der Waals surface area contributed by atoms with E-state index in [2.05, 4.69) is 22.0 Å². The minimum absolute atomic E-state index is 0.00543. The van der Waals surface area contributed by atoms with Gasteiger partial charge in [0.05, 0.1) is 29.3 Å². The van der Waals surface area contributed by atoms with Gasteiger partial charge in [-0.2, -0.15) is 18.3 Å². The fraction of sp³-hybridized carbons (Fsp3) is 0.259. The molecule has 0 unspecified atom stereocenters. The van der Waals surface area contributed by atoms with Crippen LogP contribution < -0.4 is 16.6 Å². The van der Waals surface area contributed by atoms with Crippen molar-refractivity contribution < 1.29 is 32.2 Å². The maximum absolute atomic E-state index is 13.8. The van der Waals surface area contributed by atoms with Crippen LogP contribution in [0.3, 0.4) is 0 Å². The number of aromatic carboxylic acids is 1. The minimum atomic E-state index is -4.84. The summed E-state index contributed by atoms with van der Waals surface area (Å²) in [5.41, 5.74) is 3.70. The number of nitrogens with two attached hydrogens (primary N) is 1. The highest BCUT2D eigenvalue weighted by atomic mass is 35.5. The van der Waals surface area contributed by atoms with Crippen LogP contribution in [0.2, 0.25) is 5.02 Å². The monoisotopic (exact) mass is 621 g/mol. The van der Waals surface area contributed by atoms with Gasteiger partial charge in [-0.05, 0) is 30.3 Å². The van der Waals surface area contributed by atoms with Crippen molar-refractivity contribution in [1.82, 2.24) is 19.1 Å². The number of nitrogens with zero attached hydrogens (tertiary/aromatic N) is 5. The van der Waals surface area contributed by atoms with Gasteiger partial charge >= 0.3 is 12.1 Å². The Morgan fingerprint density at radius 1 is 1.23 bits per heavy atom. The number of carboxylic acid groups (broad SMARTS) is 1. The van der Waals surface area contributed by atoms with Crippen LogP contribution in [0.25, 0.3) is 16.4 Å². The summed E-state index contributed by atoms with van der Waals surface area (Å²) in [5.74, 6) is -2.46. The number of fused-ring (bicyclic) bond motifs is 3. The highest BCUT2D eigenvalue weighted by molar-refractivity contribution is 6.31. The van der Waals surface area contributed by atoms with Gasteiger partial charge in [0.15, 0.2) is 5.69 Å². The molecular weight excluding hydrogens is 598 g/mol. The molecule has 16 heteroatoms. The van der Waals surface area contributed by atoms with Crippen LogP contribution >= 0.6 is 11.6 Å². The fourth-order valence-corrected chi connectivity index (χ4v) is 4.94. The highest BCUT2D eigenvalue weighted by Crippen LogP contribution is 2.34. The SMILES string of the molecule is C=C(/N=C\c1c(N)n2nc(C(F)(F)F)cc2c2c1cc(C(=O)O)c(=O)n2CCN1CCOCC1)Nc1ccc(F)c(Cl)c1. The van der Waals surface area contributed by atoms with Gasteiger partial charge in [0.2, 0.25) is 0 Å². The number of ether oxygens (including phenoxy) is 1. The highest BCUT2D eigenvalue weighted by Gasteiger charge is 2.35. The van der Waals surface area contributed by atoms with Crippen LogP contribution in [-0.2, 0) is 17.5 Å². The Morgan fingerprint density at radius 3 is 2.60 bits per heavy atom. The Labute approximate surface area is 245 Å². The largest absolute Gasteiger partial charge is 0.477 e. The summed E-state index contributed by atoms with van der Waals surface area (Å²) in [6.45, 7) is 6.06. The number of hydrogen-bond donors (Lipinski definition) is 3. The van der Waals surface area contributed by atoms with Gasteiger partial charge in [-0.1, -0.05) is 18.2 Å². The molecule has 3 aromatic heterocycles. The third-order valence-corrected chi connectivity index (χ3v) is 7.15. The topological polar surface area (TPSA) is 139 Å². The zero-order chi connectivity index (χ0) is 31.1. The van der Waals surface area contributed by atoms with E-state index in [1.165, 1.54) is 12.1 Å². The molecule has 0 atom stereocenters. The number of rotatable bonds is 8. The van der Waals surface area contributed by atoms with Crippen LogP contribution in [0.5, 0.6) is 0 Å². The van der Waals surface area contributed by atoms with E-state index < -0.39 is 34.8 Å². The number of aromatic nitrogens is 3. The lowest BCUT2D eigenvalue weighted by molar-refractivity contribution is -0.141. The zero-order valence-electron chi connectivity index (χ0n) is 22.3. The molecule has 1 fully saturated rings. The van der Waals surface area contributed by atoms with E-state index in [1.807, 2.05) is 4.90 Å². The fourth-order valence-electron chi connectivity index (χ4n) is 4.76. The summed E-state index contributed by atoms with van der Waals surface area (Å²) in [7, 11) is 0. The first kappa shape index (κ1) is 30.0. The molecule has 226 valence electrons. The zero-order valence-corrected chi connectivity index (χ0v) is 23.0. The lowest BCUT2D eigenvalue weighted by Gasteiger charge is -2.27. The Hall–Kier alpha value is -4.47. The van der Waals surface area contributed by atoms with Crippen molar-refractivity contribution in [2.45, 2.75) is 12.7 Å². The average Bonchev–Trinajstić information content (AvgIpc) is 3.41. The summed E-state index contributed by atoms with van der Waals surface area (Å²) in [4.78, 5) is 31.7. The molecule has 0 saturated carbocycles. The predicted molar refractivity (Wildman–Crippen MR) is 152 cm³/mol. The van der Waals surface area contributed by atoms with Gasteiger partial charge in [-0.25, -0.2) is 18.7 Å². The van der Waals surface area contributed by atoms with E-state index in [0.717, 1.165) is 33.5 Å². The molecule has 0 bridgehead atoms. The molecule has 4 N–H and O–H groups in total. The lowest BCUT2D eigenvalue weighted by Crippen LogP contribution is -2.40. The van der Waals surface area contributed by atoms with Crippen molar-refractivity contribution in [3.63, 3.8) is 0 Å². The number of carboxylic acids is 1. The van der Waals surface area contributed by atoms with Crippen molar-refractivity contribution in [2.75, 3.05) is 43.9 Å². The Morgan fingerprint density at radius 2 is 1.95 bits per heavy atom. The molecule has 1 aliphatic heterocycles. The number of nitrogens with one attached hydrogen (secondary N) is 1. The van der Waals surface area contributed by atoms with Crippen LogP contribution in [0.1, 0.15) is 21.6 Å². The summed E-state index contributed by atoms with van der Waals surface area (Å²) < 4.78 is 62.1. The van der Waals surface area contributed by atoms with E-state index in [0.29, 0.717) is 38.5 Å². The van der Waals surface area contributed by atoms with Crippen LogP contribution in [0.15, 0.2) is 52.5 Å². The normalized spacial score (nSPS) is 14.6. The van der Waals surface area contributed by atoms with E-state index >= 15 is 0 Å². The second-order valence-corrected chi connectivity index (χ2v) is 10.0. The molecule has 0 radical (unpaired) electrons. The number of nitrogen functional groups attached to an aromatic ring is 1. The molecule has 0 aliphatic carbocycles. The van der Waals surface area contributed by atoms with Crippen LogP contribution in [-0.4, -0.2) is 69.2 Å². The molecule has 11 nitrogen and oxygen atoms in total. The molecular formula is C27H24ClF4N7O4. The number of carbonyl (C=O) groups is 1. The smallest absolute Gasteiger partial charge is 0.435 e. The molecule has 1 aromatic carbocycles. The first-order valence-corrected chi connectivity index (χ1v) is 13.2. The number of anilines is 2. The van der Waals surface area contributed by atoms with Gasteiger partial charge in [-0.3, -0.25) is 9.69 Å². The van der Waals surface area contributed by atoms with Crippen molar-refractivity contribution >= 4 is 51.7 Å². The first-order chi connectivity index (χ1) is 20.3. The second-order valence-electron chi connectivity index (χ2n) is 9.62. The van der Waals surface area contributed by atoms with Crippen LogP contribution in [0.4, 0.5) is 29.1 Å². The number of pyridine rings is 2.